The van der Waals surface area contributed by atoms with Crippen LogP contribution in [0.3, 0.4) is 0 Å². The maximum absolute atomic E-state index is 13.4. The van der Waals surface area contributed by atoms with Gasteiger partial charge in [0.1, 0.15) is 12.2 Å². The molecule has 3 rings (SSSR count). The average molecular weight is 378 g/mol. The summed E-state index contributed by atoms with van der Waals surface area (Å²) in [6, 6.07) is 8.17. The lowest BCUT2D eigenvalue weighted by Crippen LogP contribution is -2.12. The molecule has 8 heteroatoms. The topological polar surface area (TPSA) is 77.5 Å². The molecule has 0 amide bonds. The summed E-state index contributed by atoms with van der Waals surface area (Å²) in [7, 11) is -3.39. The van der Waals surface area contributed by atoms with Gasteiger partial charge in [-0.3, -0.25) is 4.79 Å². The van der Waals surface area contributed by atoms with Crippen molar-refractivity contribution in [2.45, 2.75) is 4.90 Å². The fourth-order valence-electron chi connectivity index (χ4n) is 2.55. The van der Waals surface area contributed by atoms with Crippen LogP contribution in [0.25, 0.3) is 5.57 Å². The van der Waals surface area contributed by atoms with Crippen LogP contribution in [0.4, 0.5) is 8.78 Å². The van der Waals surface area contributed by atoms with Crippen LogP contribution >= 0.6 is 0 Å². The fraction of sp³-hybridized carbons (Fsp3) is 0.111. The second kappa shape index (κ2) is 6.45. The number of hydrogen-bond acceptors (Lipinski definition) is 5. The van der Waals surface area contributed by atoms with Gasteiger partial charge in [-0.2, -0.15) is 0 Å². The van der Waals surface area contributed by atoms with Gasteiger partial charge >= 0.3 is 5.97 Å². The normalized spacial score (nSPS) is 14.5. The SMILES string of the molecule is CS(=O)(=O)c1ccc(C2=C(C(=O)c3ccc(F)c(F)c3)C(=O)OC2)cc1. The van der Waals surface area contributed by atoms with Crippen LogP contribution in [0.15, 0.2) is 52.9 Å². The minimum absolute atomic E-state index is 0.0839. The first-order valence-corrected chi connectivity index (χ1v) is 9.28. The van der Waals surface area contributed by atoms with E-state index < -0.39 is 33.2 Å². The van der Waals surface area contributed by atoms with Crippen LogP contribution in [-0.2, 0) is 19.4 Å². The first-order chi connectivity index (χ1) is 12.2. The Bertz CT molecular complexity index is 1050. The Hall–Kier alpha value is -2.87. The second-order valence-electron chi connectivity index (χ2n) is 5.68. The lowest BCUT2D eigenvalue weighted by atomic mass is 9.96. The van der Waals surface area contributed by atoms with Gasteiger partial charge in [-0.05, 0) is 35.9 Å². The van der Waals surface area contributed by atoms with Crippen molar-refractivity contribution < 1.29 is 31.5 Å². The molecular formula is C18H12F2O5S. The molecule has 0 radical (unpaired) electrons. The molecule has 0 saturated carbocycles. The Morgan fingerprint density at radius 3 is 2.27 bits per heavy atom. The molecule has 2 aromatic carbocycles. The first-order valence-electron chi connectivity index (χ1n) is 7.39. The van der Waals surface area contributed by atoms with E-state index in [0.717, 1.165) is 18.4 Å². The van der Waals surface area contributed by atoms with Crippen molar-refractivity contribution >= 4 is 27.2 Å². The average Bonchev–Trinajstić information content (AvgIpc) is 2.97. The van der Waals surface area contributed by atoms with Crippen molar-refractivity contribution in [2.24, 2.45) is 0 Å². The van der Waals surface area contributed by atoms with E-state index in [4.69, 9.17) is 4.74 Å². The molecule has 134 valence electrons. The highest BCUT2D eigenvalue weighted by Gasteiger charge is 2.32. The number of hydrogen-bond donors (Lipinski definition) is 0. The molecular weight excluding hydrogens is 366 g/mol. The van der Waals surface area contributed by atoms with Crippen LogP contribution in [0.5, 0.6) is 0 Å². The summed E-state index contributed by atoms with van der Waals surface area (Å²) >= 11 is 0. The number of carbonyl (C=O) groups is 2. The van der Waals surface area contributed by atoms with Crippen LogP contribution < -0.4 is 0 Å². The number of ketones is 1. The van der Waals surface area contributed by atoms with E-state index in [-0.39, 0.29) is 28.2 Å². The van der Waals surface area contributed by atoms with E-state index in [1.54, 1.807) is 0 Å². The van der Waals surface area contributed by atoms with Gasteiger partial charge in [0.2, 0.25) is 5.78 Å². The van der Waals surface area contributed by atoms with E-state index in [1.807, 2.05) is 0 Å². The summed E-state index contributed by atoms with van der Waals surface area (Å²) in [4.78, 5) is 24.7. The highest BCUT2D eigenvalue weighted by atomic mass is 32.2. The lowest BCUT2D eigenvalue weighted by Gasteiger charge is -2.06. The fourth-order valence-corrected chi connectivity index (χ4v) is 3.18. The largest absolute Gasteiger partial charge is 0.457 e. The van der Waals surface area contributed by atoms with Crippen molar-refractivity contribution in [1.82, 2.24) is 0 Å². The number of esters is 1. The number of carbonyl (C=O) groups excluding carboxylic acids is 2. The van der Waals surface area contributed by atoms with E-state index in [0.29, 0.717) is 11.6 Å². The second-order valence-corrected chi connectivity index (χ2v) is 7.70. The van der Waals surface area contributed by atoms with Gasteiger partial charge in [0.05, 0.1) is 4.90 Å². The Labute approximate surface area is 147 Å². The van der Waals surface area contributed by atoms with E-state index in [1.165, 1.54) is 24.3 Å². The Morgan fingerprint density at radius 1 is 1.04 bits per heavy atom. The molecule has 0 fully saturated rings. The monoisotopic (exact) mass is 378 g/mol. The zero-order valence-electron chi connectivity index (χ0n) is 13.5. The molecule has 2 aromatic rings. The Balaban J connectivity index is 2.06. The number of sulfone groups is 1. The molecule has 1 aliphatic heterocycles. The highest BCUT2D eigenvalue weighted by molar-refractivity contribution is 7.90. The number of halogens is 2. The van der Waals surface area contributed by atoms with Crippen molar-refractivity contribution in [2.75, 3.05) is 12.9 Å². The third-order valence-electron chi connectivity index (χ3n) is 3.89. The summed E-state index contributed by atoms with van der Waals surface area (Å²) in [5, 5.41) is 0. The van der Waals surface area contributed by atoms with Gasteiger partial charge in [0.15, 0.2) is 21.5 Å². The number of cyclic esters (lactones) is 1. The molecule has 0 atom stereocenters. The zero-order valence-corrected chi connectivity index (χ0v) is 14.3. The Morgan fingerprint density at radius 2 is 1.69 bits per heavy atom. The number of rotatable bonds is 4. The van der Waals surface area contributed by atoms with Crippen LogP contribution in [0.1, 0.15) is 15.9 Å². The third kappa shape index (κ3) is 3.28. The van der Waals surface area contributed by atoms with Crippen LogP contribution in [-0.4, -0.2) is 33.0 Å². The molecule has 26 heavy (non-hydrogen) atoms. The van der Waals surface area contributed by atoms with E-state index >= 15 is 0 Å². The predicted molar refractivity (Wildman–Crippen MR) is 88.1 cm³/mol. The quantitative estimate of drug-likeness (QED) is 0.464. The summed E-state index contributed by atoms with van der Waals surface area (Å²) < 4.78 is 54.4. The Kier molecular flexibility index (Phi) is 4.45. The molecule has 0 N–H and O–H groups in total. The van der Waals surface area contributed by atoms with Gasteiger partial charge < -0.3 is 4.74 Å². The van der Waals surface area contributed by atoms with Crippen molar-refractivity contribution in [3.63, 3.8) is 0 Å². The molecule has 1 aliphatic rings. The highest BCUT2D eigenvalue weighted by Crippen LogP contribution is 2.29. The standard InChI is InChI=1S/C18H12F2O5S/c1-26(23,24)12-5-2-10(3-6-12)13-9-25-18(22)16(13)17(21)11-4-7-14(19)15(20)8-11/h2-8H,9H2,1H3. The maximum Gasteiger partial charge on any atom is 0.342 e. The van der Waals surface area contributed by atoms with Crippen molar-refractivity contribution in [1.29, 1.82) is 0 Å². The molecule has 0 spiro atoms. The minimum atomic E-state index is -3.39. The molecule has 0 bridgehead atoms. The molecule has 0 aliphatic carbocycles. The lowest BCUT2D eigenvalue weighted by molar-refractivity contribution is -0.135. The molecule has 0 aromatic heterocycles. The van der Waals surface area contributed by atoms with Gasteiger partial charge in [-0.1, -0.05) is 12.1 Å². The van der Waals surface area contributed by atoms with Gasteiger partial charge in [-0.25, -0.2) is 22.0 Å². The molecule has 0 saturated heterocycles. The molecule has 0 unspecified atom stereocenters. The number of Topliss-reactive ketones (excluding diaryl/α,β-unsaturated/α-hetero) is 1. The van der Waals surface area contributed by atoms with Gasteiger partial charge in [-0.15, -0.1) is 0 Å². The zero-order chi connectivity index (χ0) is 19.1. The van der Waals surface area contributed by atoms with Crippen molar-refractivity contribution in [3.05, 3.63) is 70.8 Å². The maximum atomic E-state index is 13.4. The molecule has 5 nitrogen and oxygen atoms in total. The van der Waals surface area contributed by atoms with Crippen LogP contribution in [0.2, 0.25) is 0 Å². The minimum Gasteiger partial charge on any atom is -0.457 e. The van der Waals surface area contributed by atoms with E-state index in [9.17, 15) is 26.8 Å². The molecule has 1 heterocycles. The first kappa shape index (κ1) is 17.9. The number of benzene rings is 2. The summed E-state index contributed by atoms with van der Waals surface area (Å²) in [5.74, 6) is -3.99. The third-order valence-corrected chi connectivity index (χ3v) is 5.02. The summed E-state index contributed by atoms with van der Waals surface area (Å²) in [5.41, 5.74) is 0.199. The van der Waals surface area contributed by atoms with Gasteiger partial charge in [0, 0.05) is 17.4 Å². The number of ether oxygens (including phenoxy) is 1. The van der Waals surface area contributed by atoms with E-state index in [2.05, 4.69) is 0 Å². The predicted octanol–water partition coefficient (Wildman–Crippen LogP) is 2.56. The summed E-state index contributed by atoms with van der Waals surface area (Å²) in [6.45, 7) is -0.179. The van der Waals surface area contributed by atoms with Crippen LogP contribution in [0, 0.1) is 11.6 Å². The smallest absolute Gasteiger partial charge is 0.342 e. The van der Waals surface area contributed by atoms with Crippen molar-refractivity contribution in [3.8, 4) is 0 Å². The van der Waals surface area contributed by atoms with Gasteiger partial charge in [0.25, 0.3) is 0 Å². The summed E-state index contributed by atoms with van der Waals surface area (Å²) in [6.07, 6.45) is 1.06.